The number of hydrogen-bond donors (Lipinski definition) is 1. The number of alkyl halides is 1. The van der Waals surface area contributed by atoms with E-state index in [4.69, 9.17) is 10.5 Å². The molecule has 2 aliphatic carbocycles. The molecule has 42 heavy (non-hydrogen) atoms. The monoisotopic (exact) mass is 601 g/mol. The van der Waals surface area contributed by atoms with Gasteiger partial charge in [-0.25, -0.2) is 9.18 Å². The van der Waals surface area contributed by atoms with Gasteiger partial charge in [-0.2, -0.15) is 0 Å². The molecule has 7 nitrogen and oxygen atoms in total. The second-order valence-electron chi connectivity index (χ2n) is 13.5. The number of aromatic nitrogens is 1. The molecule has 0 spiro atoms. The van der Waals surface area contributed by atoms with Gasteiger partial charge in [-0.15, -0.1) is 12.4 Å². The fourth-order valence-corrected chi connectivity index (χ4v) is 8.42. The topological polar surface area (TPSA) is 94.6 Å². The van der Waals surface area contributed by atoms with Crippen molar-refractivity contribution < 1.29 is 23.5 Å². The van der Waals surface area contributed by atoms with Crippen molar-refractivity contribution >= 4 is 41.0 Å². The largest absolute Gasteiger partial charge is 0.434 e. The van der Waals surface area contributed by atoms with Gasteiger partial charge in [0.15, 0.2) is 11.5 Å². The van der Waals surface area contributed by atoms with E-state index in [0.29, 0.717) is 18.2 Å². The Morgan fingerprint density at radius 2 is 1.76 bits per heavy atom. The van der Waals surface area contributed by atoms with Gasteiger partial charge in [-0.05, 0) is 87.5 Å². The average molecular weight is 602 g/mol. The zero-order chi connectivity index (χ0) is 28.9. The molecule has 2 N–H and O–H groups in total. The lowest BCUT2D eigenvalue weighted by atomic mass is 9.75. The zero-order valence-corrected chi connectivity index (χ0v) is 25.7. The number of rotatable bonds is 7. The van der Waals surface area contributed by atoms with E-state index in [0.717, 1.165) is 61.4 Å². The van der Waals surface area contributed by atoms with E-state index in [2.05, 4.69) is 0 Å². The maximum Gasteiger partial charge on any atom is 0.357 e. The molecule has 3 heterocycles. The van der Waals surface area contributed by atoms with E-state index in [9.17, 15) is 18.8 Å². The smallest absolute Gasteiger partial charge is 0.357 e. The minimum absolute atomic E-state index is 0. The summed E-state index contributed by atoms with van der Waals surface area (Å²) >= 11 is 0. The molecule has 1 amide bonds. The first-order chi connectivity index (χ1) is 19.7. The first-order valence-electron chi connectivity index (χ1n) is 15.7. The lowest BCUT2D eigenvalue weighted by Gasteiger charge is -2.37. The Morgan fingerprint density at radius 1 is 1.05 bits per heavy atom. The van der Waals surface area contributed by atoms with E-state index in [1.807, 2.05) is 47.6 Å². The van der Waals surface area contributed by atoms with Crippen LogP contribution >= 0.6 is 12.4 Å². The standard InChI is InChI=1S/C33H44FN3O4.ClH/c1-33(2)37-27-13-8-20(16-24(27)18-28(37)32(40)41-33)17-29(38)30-25(21-6-4-3-5-7-21)14-15-36(30)31(39)23-11-9-22(10-12-23)26(35)19-34;/h8,13,16,18,21-23,25-26,30H,3-7,9-12,14-15,17,19,35H2,1-2H3;1H/t22?,23?,25-,26+,30-;/m0./s1. The number of fused-ring (bicyclic) bond motifs is 3. The molecule has 1 saturated heterocycles. The van der Waals surface area contributed by atoms with Crippen LogP contribution in [-0.2, 0) is 26.5 Å². The van der Waals surface area contributed by atoms with E-state index in [-0.39, 0.29) is 60.3 Å². The van der Waals surface area contributed by atoms with Gasteiger partial charge in [0.1, 0.15) is 12.4 Å². The summed E-state index contributed by atoms with van der Waals surface area (Å²) in [7, 11) is 0. The van der Waals surface area contributed by atoms with E-state index in [1.54, 1.807) is 0 Å². The van der Waals surface area contributed by atoms with Crippen molar-refractivity contribution in [3.63, 3.8) is 0 Å². The second-order valence-corrected chi connectivity index (χ2v) is 13.5. The van der Waals surface area contributed by atoms with Crippen LogP contribution in [-0.4, -0.2) is 52.4 Å². The number of nitrogens with two attached hydrogens (primary N) is 1. The first-order valence-corrected chi connectivity index (χ1v) is 15.7. The fraction of sp³-hybridized carbons (Fsp3) is 0.667. The van der Waals surface area contributed by atoms with Crippen LogP contribution in [0.5, 0.6) is 0 Å². The SMILES string of the molecule is CC1(C)OC(=O)c2cc3cc(CC(=O)[C@@H]4[C@H](C5CCCCC5)CCN4C(=O)C4CCC([C@H](N)CF)CC4)ccc3n21.Cl. The van der Waals surface area contributed by atoms with Crippen LogP contribution in [0.1, 0.15) is 94.1 Å². The average Bonchev–Trinajstić information content (AvgIpc) is 3.65. The van der Waals surface area contributed by atoms with E-state index in [1.165, 1.54) is 19.3 Å². The number of esters is 1. The van der Waals surface area contributed by atoms with Crippen molar-refractivity contribution in [1.29, 1.82) is 0 Å². The molecule has 230 valence electrons. The van der Waals surface area contributed by atoms with Gasteiger partial charge in [0.05, 0.1) is 11.6 Å². The minimum atomic E-state index is -0.750. The summed E-state index contributed by atoms with van der Waals surface area (Å²) in [5.74, 6) is 0.605. The lowest BCUT2D eigenvalue weighted by molar-refractivity contribution is -0.143. The van der Waals surface area contributed by atoms with Crippen molar-refractivity contribution in [1.82, 2.24) is 9.47 Å². The quantitative estimate of drug-likeness (QED) is 0.397. The number of carbonyl (C=O) groups is 3. The Labute approximate surface area is 254 Å². The third kappa shape index (κ3) is 5.61. The number of ketones is 1. The molecule has 9 heteroatoms. The van der Waals surface area contributed by atoms with Gasteiger partial charge in [0.25, 0.3) is 0 Å². The number of amides is 1. The Bertz CT molecular complexity index is 1330. The summed E-state index contributed by atoms with van der Waals surface area (Å²) in [6.07, 6.45) is 10.0. The number of cyclic esters (lactones) is 1. The van der Waals surface area contributed by atoms with Gasteiger partial charge < -0.3 is 15.4 Å². The Hall–Kier alpha value is -2.45. The summed E-state index contributed by atoms with van der Waals surface area (Å²) in [6.45, 7) is 3.87. The molecule has 3 atom stereocenters. The van der Waals surface area contributed by atoms with Gasteiger partial charge in [-0.3, -0.25) is 14.2 Å². The number of carbonyl (C=O) groups excluding carboxylic acids is 3. The molecule has 2 saturated carbocycles. The molecule has 1 aromatic carbocycles. The van der Waals surface area contributed by atoms with Crippen LogP contribution in [0.4, 0.5) is 4.39 Å². The van der Waals surface area contributed by atoms with Crippen LogP contribution in [0.3, 0.4) is 0 Å². The van der Waals surface area contributed by atoms with Crippen LogP contribution in [0.15, 0.2) is 24.3 Å². The third-order valence-corrected chi connectivity index (χ3v) is 10.6. The summed E-state index contributed by atoms with van der Waals surface area (Å²) in [5, 5.41) is 0.918. The number of likely N-dealkylation sites (tertiary alicyclic amines) is 1. The number of hydrogen-bond acceptors (Lipinski definition) is 5. The molecule has 4 aliphatic rings. The number of halogens is 2. The predicted octanol–water partition coefficient (Wildman–Crippen LogP) is 5.94. The number of Topliss-reactive ketones (excluding diaryl/α,β-unsaturated/α-hetero) is 1. The Kier molecular flexibility index (Phi) is 9.06. The highest BCUT2D eigenvalue weighted by Gasteiger charge is 2.46. The normalized spacial score (nSPS) is 28.3. The highest BCUT2D eigenvalue weighted by molar-refractivity contribution is 5.98. The first kappa shape index (κ1) is 31.0. The summed E-state index contributed by atoms with van der Waals surface area (Å²) in [5.41, 5.74) is 7.55. The zero-order valence-electron chi connectivity index (χ0n) is 24.9. The van der Waals surface area contributed by atoms with Crippen LogP contribution in [0, 0.1) is 23.7 Å². The van der Waals surface area contributed by atoms with Crippen molar-refractivity contribution in [3.8, 4) is 0 Å². The molecule has 0 bridgehead atoms. The molecule has 0 radical (unpaired) electrons. The van der Waals surface area contributed by atoms with Gasteiger partial charge >= 0.3 is 5.97 Å². The number of benzene rings is 1. The Morgan fingerprint density at radius 3 is 2.45 bits per heavy atom. The van der Waals surface area contributed by atoms with Gasteiger partial charge in [0.2, 0.25) is 5.91 Å². The van der Waals surface area contributed by atoms with Crippen molar-refractivity contribution in [2.45, 2.75) is 102 Å². The fourth-order valence-electron chi connectivity index (χ4n) is 8.42. The summed E-state index contributed by atoms with van der Waals surface area (Å²) in [4.78, 5) is 42.4. The van der Waals surface area contributed by atoms with Crippen molar-refractivity contribution in [2.75, 3.05) is 13.2 Å². The van der Waals surface area contributed by atoms with Gasteiger partial charge in [0, 0.05) is 30.3 Å². The maximum atomic E-state index is 14.1. The molecule has 2 aromatic rings. The van der Waals surface area contributed by atoms with E-state index < -0.39 is 18.4 Å². The van der Waals surface area contributed by atoms with Crippen LogP contribution in [0.2, 0.25) is 0 Å². The molecule has 0 unspecified atom stereocenters. The molecule has 1 aromatic heterocycles. The van der Waals surface area contributed by atoms with Crippen LogP contribution in [0.25, 0.3) is 10.9 Å². The second kappa shape index (κ2) is 12.3. The maximum absolute atomic E-state index is 14.1. The van der Waals surface area contributed by atoms with Crippen molar-refractivity contribution in [2.24, 2.45) is 29.4 Å². The lowest BCUT2D eigenvalue weighted by Crippen LogP contribution is -2.48. The molecule has 6 rings (SSSR count). The summed E-state index contributed by atoms with van der Waals surface area (Å²) in [6, 6.07) is 6.97. The summed E-state index contributed by atoms with van der Waals surface area (Å²) < 4.78 is 20.6. The molecule has 3 fully saturated rings. The van der Waals surface area contributed by atoms with Crippen molar-refractivity contribution in [3.05, 3.63) is 35.5 Å². The minimum Gasteiger partial charge on any atom is -0.434 e. The molecular weight excluding hydrogens is 557 g/mol. The number of nitrogens with zero attached hydrogens (tertiary/aromatic N) is 2. The van der Waals surface area contributed by atoms with Crippen LogP contribution < -0.4 is 5.73 Å². The highest BCUT2D eigenvalue weighted by atomic mass is 35.5. The highest BCUT2D eigenvalue weighted by Crippen LogP contribution is 2.42. The molecular formula is C33H45ClFN3O4. The van der Waals surface area contributed by atoms with Gasteiger partial charge in [-0.1, -0.05) is 38.2 Å². The Balaban J connectivity index is 0.00000353. The van der Waals surface area contributed by atoms with E-state index >= 15 is 0 Å². The number of ether oxygens (including phenoxy) is 1. The third-order valence-electron chi connectivity index (χ3n) is 10.6. The molecule has 2 aliphatic heterocycles. The predicted molar refractivity (Wildman–Crippen MR) is 162 cm³/mol.